The standard InChI is InChI=1S/C19H17INO3P/c1-15-14-16(20)12-13-19(15)21-25(22,23-17-8-4-2-5-9-17)24-18-10-6-3-7-11-18/h2-14H,1H3,(H,21,22). The summed E-state index contributed by atoms with van der Waals surface area (Å²) in [5, 5.41) is 2.96. The number of para-hydroxylation sites is 2. The van der Waals surface area contributed by atoms with Crippen LogP contribution < -0.4 is 14.1 Å². The van der Waals surface area contributed by atoms with Gasteiger partial charge in [-0.25, -0.2) is 4.57 Å². The molecule has 0 fully saturated rings. The highest BCUT2D eigenvalue weighted by Crippen LogP contribution is 2.48. The first-order valence-corrected chi connectivity index (χ1v) is 10.3. The molecular formula is C19H17INO3P. The van der Waals surface area contributed by atoms with Gasteiger partial charge in [0.25, 0.3) is 0 Å². The number of hydrogen-bond donors (Lipinski definition) is 1. The first-order valence-electron chi connectivity index (χ1n) is 7.68. The number of anilines is 1. The number of halogens is 1. The fraction of sp³-hybridized carbons (Fsp3) is 0.0526. The molecule has 0 aliphatic heterocycles. The molecule has 0 spiro atoms. The highest BCUT2D eigenvalue weighted by atomic mass is 127. The molecule has 0 unspecified atom stereocenters. The molecule has 0 aliphatic carbocycles. The summed E-state index contributed by atoms with van der Waals surface area (Å²) in [7, 11) is -3.68. The lowest BCUT2D eigenvalue weighted by molar-refractivity contribution is 0.393. The average Bonchev–Trinajstić information content (AvgIpc) is 2.59. The van der Waals surface area contributed by atoms with Crippen molar-refractivity contribution in [2.75, 3.05) is 5.09 Å². The van der Waals surface area contributed by atoms with Gasteiger partial charge in [0, 0.05) is 9.26 Å². The molecule has 0 amide bonds. The Morgan fingerprint density at radius 1 is 0.840 bits per heavy atom. The summed E-state index contributed by atoms with van der Waals surface area (Å²) in [6.07, 6.45) is 0. The van der Waals surface area contributed by atoms with E-state index in [-0.39, 0.29) is 0 Å². The third kappa shape index (κ3) is 5.00. The van der Waals surface area contributed by atoms with Gasteiger partial charge in [0.2, 0.25) is 0 Å². The molecule has 25 heavy (non-hydrogen) atoms. The van der Waals surface area contributed by atoms with Crippen molar-refractivity contribution in [1.29, 1.82) is 0 Å². The lowest BCUT2D eigenvalue weighted by atomic mass is 10.2. The normalized spacial score (nSPS) is 11.0. The smallest absolute Gasteiger partial charge is 0.400 e. The molecule has 0 saturated heterocycles. The molecule has 6 heteroatoms. The average molecular weight is 465 g/mol. The Morgan fingerprint density at radius 3 is 1.84 bits per heavy atom. The van der Waals surface area contributed by atoms with Gasteiger partial charge in [-0.05, 0) is 77.5 Å². The topological polar surface area (TPSA) is 47.6 Å². The summed E-state index contributed by atoms with van der Waals surface area (Å²) in [6.45, 7) is 1.94. The van der Waals surface area contributed by atoms with E-state index in [0.29, 0.717) is 17.2 Å². The minimum atomic E-state index is -3.68. The SMILES string of the molecule is Cc1cc(I)ccc1NP(=O)(Oc1ccccc1)Oc1ccccc1. The number of aryl methyl sites for hydroxylation is 1. The van der Waals surface area contributed by atoms with Crippen LogP contribution in [0, 0.1) is 10.5 Å². The molecule has 128 valence electrons. The van der Waals surface area contributed by atoms with Crippen LogP contribution in [-0.4, -0.2) is 0 Å². The second-order valence-corrected chi connectivity index (χ2v) is 8.21. The van der Waals surface area contributed by atoms with E-state index in [1.165, 1.54) is 0 Å². The maximum absolute atomic E-state index is 13.4. The van der Waals surface area contributed by atoms with Crippen LogP contribution >= 0.6 is 30.3 Å². The maximum Gasteiger partial charge on any atom is 0.541 e. The van der Waals surface area contributed by atoms with Crippen LogP contribution in [0.15, 0.2) is 78.9 Å². The van der Waals surface area contributed by atoms with Crippen LogP contribution in [0.3, 0.4) is 0 Å². The third-order valence-corrected chi connectivity index (χ3v) is 5.47. The van der Waals surface area contributed by atoms with Crippen LogP contribution in [0.1, 0.15) is 5.56 Å². The van der Waals surface area contributed by atoms with Gasteiger partial charge in [0.15, 0.2) is 0 Å². The van der Waals surface area contributed by atoms with E-state index in [0.717, 1.165) is 9.13 Å². The molecule has 3 aromatic rings. The molecule has 0 bridgehead atoms. The Bertz CT molecular complexity index is 842. The molecule has 0 radical (unpaired) electrons. The van der Waals surface area contributed by atoms with Gasteiger partial charge in [-0.15, -0.1) is 0 Å². The largest absolute Gasteiger partial charge is 0.541 e. The molecule has 0 atom stereocenters. The Kier molecular flexibility index (Phi) is 5.66. The number of benzene rings is 3. The Balaban J connectivity index is 1.91. The van der Waals surface area contributed by atoms with E-state index in [9.17, 15) is 4.57 Å². The van der Waals surface area contributed by atoms with Crippen molar-refractivity contribution in [3.8, 4) is 11.5 Å². The monoisotopic (exact) mass is 465 g/mol. The Labute approximate surface area is 160 Å². The van der Waals surface area contributed by atoms with Crippen LogP contribution in [0.2, 0.25) is 0 Å². The number of hydrogen-bond acceptors (Lipinski definition) is 3. The van der Waals surface area contributed by atoms with E-state index < -0.39 is 7.75 Å². The van der Waals surface area contributed by atoms with Crippen molar-refractivity contribution in [1.82, 2.24) is 0 Å². The molecule has 0 heterocycles. The number of nitrogens with one attached hydrogen (secondary N) is 1. The molecule has 3 aromatic carbocycles. The molecule has 0 aromatic heterocycles. The van der Waals surface area contributed by atoms with Crippen LogP contribution in [0.5, 0.6) is 11.5 Å². The van der Waals surface area contributed by atoms with Gasteiger partial charge in [0.1, 0.15) is 11.5 Å². The maximum atomic E-state index is 13.4. The highest BCUT2D eigenvalue weighted by Gasteiger charge is 2.29. The van der Waals surface area contributed by atoms with Gasteiger partial charge in [0.05, 0.1) is 0 Å². The predicted molar refractivity (Wildman–Crippen MR) is 109 cm³/mol. The fourth-order valence-corrected chi connectivity index (χ4v) is 4.32. The lowest BCUT2D eigenvalue weighted by Gasteiger charge is -2.22. The van der Waals surface area contributed by atoms with Crippen LogP contribution in [0.25, 0.3) is 0 Å². The minimum Gasteiger partial charge on any atom is -0.400 e. The third-order valence-electron chi connectivity index (χ3n) is 3.38. The fourth-order valence-electron chi connectivity index (χ4n) is 2.20. The van der Waals surface area contributed by atoms with Crippen LogP contribution in [0.4, 0.5) is 5.69 Å². The van der Waals surface area contributed by atoms with Crippen molar-refractivity contribution in [3.63, 3.8) is 0 Å². The van der Waals surface area contributed by atoms with E-state index in [1.807, 2.05) is 61.5 Å². The van der Waals surface area contributed by atoms with Crippen molar-refractivity contribution in [2.45, 2.75) is 6.92 Å². The van der Waals surface area contributed by atoms with Gasteiger partial charge < -0.3 is 9.05 Å². The molecule has 4 nitrogen and oxygen atoms in total. The van der Waals surface area contributed by atoms with Crippen molar-refractivity contribution in [2.24, 2.45) is 0 Å². The summed E-state index contributed by atoms with van der Waals surface area (Å²) < 4.78 is 25.9. The Hall–Kier alpha value is -1.98. The first-order chi connectivity index (χ1) is 12.0. The summed E-state index contributed by atoms with van der Waals surface area (Å²) in [4.78, 5) is 0. The summed E-state index contributed by atoms with van der Waals surface area (Å²) in [5.41, 5.74) is 1.66. The van der Waals surface area contributed by atoms with E-state index in [2.05, 4.69) is 27.7 Å². The van der Waals surface area contributed by atoms with Gasteiger partial charge in [-0.3, -0.25) is 5.09 Å². The van der Waals surface area contributed by atoms with Gasteiger partial charge in [-0.1, -0.05) is 36.4 Å². The van der Waals surface area contributed by atoms with Crippen molar-refractivity contribution >= 4 is 36.0 Å². The second-order valence-electron chi connectivity index (χ2n) is 5.38. The zero-order valence-electron chi connectivity index (χ0n) is 13.6. The number of rotatable bonds is 6. The zero-order chi connectivity index (χ0) is 17.7. The van der Waals surface area contributed by atoms with Crippen molar-refractivity contribution in [3.05, 3.63) is 88.0 Å². The molecule has 1 N–H and O–H groups in total. The summed E-state index contributed by atoms with van der Waals surface area (Å²) in [6, 6.07) is 23.8. The quantitative estimate of drug-likeness (QED) is 0.344. The lowest BCUT2D eigenvalue weighted by Crippen LogP contribution is -2.10. The zero-order valence-corrected chi connectivity index (χ0v) is 16.6. The van der Waals surface area contributed by atoms with Crippen LogP contribution in [-0.2, 0) is 4.57 Å². The summed E-state index contributed by atoms with van der Waals surface area (Å²) in [5.74, 6) is 0.940. The molecule has 0 saturated carbocycles. The van der Waals surface area contributed by atoms with E-state index in [1.54, 1.807) is 24.3 Å². The molecule has 3 rings (SSSR count). The minimum absolute atomic E-state index is 0.470. The van der Waals surface area contributed by atoms with Crippen molar-refractivity contribution < 1.29 is 13.6 Å². The highest BCUT2D eigenvalue weighted by molar-refractivity contribution is 14.1. The molecular weight excluding hydrogens is 448 g/mol. The van der Waals surface area contributed by atoms with E-state index in [4.69, 9.17) is 9.05 Å². The predicted octanol–water partition coefficient (Wildman–Crippen LogP) is 6.28. The summed E-state index contributed by atoms with van der Waals surface area (Å²) >= 11 is 2.24. The first kappa shape index (κ1) is 17.8. The second kappa shape index (κ2) is 7.93. The van der Waals surface area contributed by atoms with Gasteiger partial charge in [-0.2, -0.15) is 0 Å². The molecule has 0 aliphatic rings. The Morgan fingerprint density at radius 2 is 1.36 bits per heavy atom. The van der Waals surface area contributed by atoms with E-state index >= 15 is 0 Å². The van der Waals surface area contributed by atoms with Gasteiger partial charge >= 0.3 is 7.75 Å².